The molecule has 0 bridgehead atoms. The van der Waals surface area contributed by atoms with Gasteiger partial charge in [-0.3, -0.25) is 9.78 Å². The Kier molecular flexibility index (Phi) is 5.43. The van der Waals surface area contributed by atoms with Crippen LogP contribution in [0.15, 0.2) is 48.8 Å². The molecule has 0 saturated heterocycles. The minimum Gasteiger partial charge on any atom is -0.352 e. The number of imidazole rings is 1. The van der Waals surface area contributed by atoms with E-state index < -0.39 is 0 Å². The molecule has 0 atom stereocenters. The Morgan fingerprint density at radius 2 is 1.92 bits per heavy atom. The molecule has 1 aromatic carbocycles. The lowest BCUT2D eigenvalue weighted by Gasteiger charge is -2.12. The van der Waals surface area contributed by atoms with E-state index in [1.165, 1.54) is 5.52 Å². The summed E-state index contributed by atoms with van der Waals surface area (Å²) in [6.07, 6.45) is 4.96. The number of rotatable bonds is 7. The predicted octanol–water partition coefficient (Wildman–Crippen LogP) is 3.45. The summed E-state index contributed by atoms with van der Waals surface area (Å²) in [6, 6.07) is 11.7. The van der Waals surface area contributed by atoms with Crippen molar-refractivity contribution in [3.63, 3.8) is 0 Å². The van der Waals surface area contributed by atoms with Crippen molar-refractivity contribution < 1.29 is 4.79 Å². The van der Waals surface area contributed by atoms with E-state index in [4.69, 9.17) is 4.98 Å². The standard InChI is InChI=1S/C20H24N4O/c1-15(2)14-24-18-7-4-3-6-17(18)23-19(24)8-5-11-22-20(25)16-9-12-21-13-10-16/h3-4,6-7,9-10,12-13,15H,5,8,11,14H2,1-2H3,(H,22,25). The largest absolute Gasteiger partial charge is 0.352 e. The quantitative estimate of drug-likeness (QED) is 0.672. The molecule has 5 heteroatoms. The van der Waals surface area contributed by atoms with Gasteiger partial charge >= 0.3 is 0 Å². The van der Waals surface area contributed by atoms with E-state index in [2.05, 4.69) is 46.9 Å². The van der Waals surface area contributed by atoms with Crippen molar-refractivity contribution in [2.75, 3.05) is 6.54 Å². The van der Waals surface area contributed by atoms with Crippen LogP contribution < -0.4 is 5.32 Å². The van der Waals surface area contributed by atoms with Gasteiger partial charge in [0.05, 0.1) is 11.0 Å². The fraction of sp³-hybridized carbons (Fsp3) is 0.350. The van der Waals surface area contributed by atoms with Gasteiger partial charge < -0.3 is 9.88 Å². The van der Waals surface area contributed by atoms with Crippen LogP contribution in [0, 0.1) is 5.92 Å². The second-order valence-corrected chi connectivity index (χ2v) is 6.62. The van der Waals surface area contributed by atoms with Crippen molar-refractivity contribution in [2.45, 2.75) is 33.2 Å². The summed E-state index contributed by atoms with van der Waals surface area (Å²) in [5.41, 5.74) is 2.87. The maximum absolute atomic E-state index is 12.0. The lowest BCUT2D eigenvalue weighted by atomic mass is 10.2. The molecule has 130 valence electrons. The number of hydrogen-bond acceptors (Lipinski definition) is 3. The Bertz CT molecular complexity index is 839. The zero-order valence-corrected chi connectivity index (χ0v) is 14.8. The highest BCUT2D eigenvalue weighted by molar-refractivity contribution is 5.93. The minimum atomic E-state index is -0.0573. The molecule has 0 saturated carbocycles. The van der Waals surface area contributed by atoms with Crippen molar-refractivity contribution in [3.8, 4) is 0 Å². The van der Waals surface area contributed by atoms with Crippen LogP contribution in [0.1, 0.15) is 36.5 Å². The first kappa shape index (κ1) is 17.1. The molecule has 0 aliphatic carbocycles. The Labute approximate surface area is 148 Å². The lowest BCUT2D eigenvalue weighted by molar-refractivity contribution is 0.0953. The van der Waals surface area contributed by atoms with Gasteiger partial charge in [-0.05, 0) is 36.6 Å². The highest BCUT2D eigenvalue weighted by Gasteiger charge is 2.11. The Balaban J connectivity index is 1.62. The summed E-state index contributed by atoms with van der Waals surface area (Å²) in [4.78, 5) is 20.8. The van der Waals surface area contributed by atoms with Crippen LogP contribution >= 0.6 is 0 Å². The van der Waals surface area contributed by atoms with E-state index in [0.717, 1.165) is 30.7 Å². The number of para-hydroxylation sites is 2. The van der Waals surface area contributed by atoms with Crippen LogP contribution in [0.3, 0.4) is 0 Å². The average molecular weight is 336 g/mol. The second kappa shape index (κ2) is 7.92. The molecule has 0 spiro atoms. The topological polar surface area (TPSA) is 59.8 Å². The fourth-order valence-corrected chi connectivity index (χ4v) is 2.94. The molecule has 25 heavy (non-hydrogen) atoms. The normalized spacial score (nSPS) is 11.2. The van der Waals surface area contributed by atoms with Gasteiger partial charge in [-0.2, -0.15) is 0 Å². The van der Waals surface area contributed by atoms with Gasteiger partial charge in [-0.15, -0.1) is 0 Å². The third kappa shape index (κ3) is 4.24. The highest BCUT2D eigenvalue weighted by atomic mass is 16.1. The Hall–Kier alpha value is -2.69. The second-order valence-electron chi connectivity index (χ2n) is 6.62. The fourth-order valence-electron chi connectivity index (χ4n) is 2.94. The molecule has 5 nitrogen and oxygen atoms in total. The van der Waals surface area contributed by atoms with Gasteiger partial charge in [0.25, 0.3) is 5.91 Å². The Morgan fingerprint density at radius 1 is 1.16 bits per heavy atom. The number of hydrogen-bond donors (Lipinski definition) is 1. The maximum Gasteiger partial charge on any atom is 0.251 e. The molecule has 2 heterocycles. The van der Waals surface area contributed by atoms with Gasteiger partial charge in [-0.1, -0.05) is 26.0 Å². The lowest BCUT2D eigenvalue weighted by Crippen LogP contribution is -2.25. The minimum absolute atomic E-state index is 0.0573. The van der Waals surface area contributed by atoms with Crippen molar-refractivity contribution in [3.05, 3.63) is 60.2 Å². The first-order valence-electron chi connectivity index (χ1n) is 8.77. The molecule has 0 radical (unpaired) electrons. The van der Waals surface area contributed by atoms with E-state index >= 15 is 0 Å². The van der Waals surface area contributed by atoms with Gasteiger partial charge in [-0.25, -0.2) is 4.98 Å². The van der Waals surface area contributed by atoms with Crippen molar-refractivity contribution in [2.24, 2.45) is 5.92 Å². The number of carbonyl (C=O) groups excluding carboxylic acids is 1. The number of benzene rings is 1. The zero-order valence-electron chi connectivity index (χ0n) is 14.8. The first-order chi connectivity index (χ1) is 12.1. The SMILES string of the molecule is CC(C)Cn1c(CCCNC(=O)c2ccncc2)nc2ccccc21. The summed E-state index contributed by atoms with van der Waals surface area (Å²) in [5, 5.41) is 2.96. The molecule has 0 aliphatic heterocycles. The van der Waals surface area contributed by atoms with Gasteiger partial charge in [0.15, 0.2) is 0 Å². The molecule has 3 aromatic rings. The number of nitrogens with zero attached hydrogens (tertiary/aromatic N) is 3. The van der Waals surface area contributed by atoms with Crippen molar-refractivity contribution in [1.82, 2.24) is 19.9 Å². The summed E-state index contributed by atoms with van der Waals surface area (Å²) in [6.45, 7) is 6.02. The van der Waals surface area contributed by atoms with Crippen LogP contribution in [0.25, 0.3) is 11.0 Å². The van der Waals surface area contributed by atoms with Crippen LogP contribution in [-0.2, 0) is 13.0 Å². The van der Waals surface area contributed by atoms with Crippen LogP contribution in [-0.4, -0.2) is 27.0 Å². The molecule has 3 rings (SSSR count). The van der Waals surface area contributed by atoms with E-state index in [9.17, 15) is 4.79 Å². The zero-order chi connectivity index (χ0) is 17.6. The number of pyridine rings is 1. The first-order valence-corrected chi connectivity index (χ1v) is 8.77. The van der Waals surface area contributed by atoms with Crippen LogP contribution in [0.2, 0.25) is 0 Å². The number of nitrogens with one attached hydrogen (secondary N) is 1. The van der Waals surface area contributed by atoms with E-state index in [1.54, 1.807) is 24.5 Å². The number of amides is 1. The molecule has 0 unspecified atom stereocenters. The number of carbonyl (C=O) groups is 1. The van der Waals surface area contributed by atoms with Crippen molar-refractivity contribution >= 4 is 16.9 Å². The maximum atomic E-state index is 12.0. The van der Waals surface area contributed by atoms with Gasteiger partial charge in [0, 0.05) is 37.5 Å². The summed E-state index contributed by atoms with van der Waals surface area (Å²) >= 11 is 0. The average Bonchev–Trinajstić information content (AvgIpc) is 2.96. The van der Waals surface area contributed by atoms with E-state index in [0.29, 0.717) is 18.0 Å². The summed E-state index contributed by atoms with van der Waals surface area (Å²) in [5.74, 6) is 1.59. The number of fused-ring (bicyclic) bond motifs is 1. The smallest absolute Gasteiger partial charge is 0.251 e. The number of aryl methyl sites for hydroxylation is 1. The highest BCUT2D eigenvalue weighted by Crippen LogP contribution is 2.18. The molecule has 2 aromatic heterocycles. The van der Waals surface area contributed by atoms with Crippen LogP contribution in [0.5, 0.6) is 0 Å². The molecular weight excluding hydrogens is 312 g/mol. The monoisotopic (exact) mass is 336 g/mol. The van der Waals surface area contributed by atoms with Gasteiger partial charge in [0.1, 0.15) is 5.82 Å². The third-order valence-electron chi connectivity index (χ3n) is 4.09. The van der Waals surface area contributed by atoms with Crippen LogP contribution in [0.4, 0.5) is 0 Å². The molecule has 0 fully saturated rings. The molecule has 0 aliphatic rings. The Morgan fingerprint density at radius 3 is 2.68 bits per heavy atom. The van der Waals surface area contributed by atoms with E-state index in [1.807, 2.05) is 6.07 Å². The summed E-state index contributed by atoms with van der Waals surface area (Å²) in [7, 11) is 0. The molecule has 1 amide bonds. The number of aromatic nitrogens is 3. The predicted molar refractivity (Wildman–Crippen MR) is 99.5 cm³/mol. The third-order valence-corrected chi connectivity index (χ3v) is 4.09. The molecular formula is C20H24N4O. The van der Waals surface area contributed by atoms with Gasteiger partial charge in [0.2, 0.25) is 0 Å². The van der Waals surface area contributed by atoms with Crippen molar-refractivity contribution in [1.29, 1.82) is 0 Å². The summed E-state index contributed by atoms with van der Waals surface area (Å²) < 4.78 is 2.31. The van der Waals surface area contributed by atoms with E-state index in [-0.39, 0.29) is 5.91 Å². The molecule has 1 N–H and O–H groups in total.